The van der Waals surface area contributed by atoms with Crippen LogP contribution in [-0.4, -0.2) is 49.4 Å². The maximum absolute atomic E-state index is 12.2. The second kappa shape index (κ2) is 21.0. The predicted octanol–water partition coefficient (Wildman–Crippen LogP) is 8.33. The van der Waals surface area contributed by atoms with E-state index in [-0.39, 0.29) is 12.7 Å². The number of nitrogens with one attached hydrogen (secondary N) is 1. The Bertz CT molecular complexity index is 1020. The highest BCUT2D eigenvalue weighted by atomic mass is 16.6. The SMILES string of the molecule is CCCCCCCCCCCCCCCCCNC(=O)OCC1CN(CCCC[n+]2cccc3ccccc32)C(=O)O1. The highest BCUT2D eigenvalue weighted by Gasteiger charge is 2.31. The number of hydrogen-bond acceptors (Lipinski definition) is 4. The molecule has 0 bridgehead atoms. The third-order valence-corrected chi connectivity index (χ3v) is 8.26. The fraction of sp³-hybridized carbons (Fsp3) is 0.686. The molecule has 1 aliphatic rings. The number of carbonyl (C=O) groups excluding carboxylic acids is 2. The summed E-state index contributed by atoms with van der Waals surface area (Å²) < 4.78 is 13.0. The van der Waals surface area contributed by atoms with Crippen LogP contribution in [0.4, 0.5) is 9.59 Å². The number of benzene rings is 1. The number of unbranched alkanes of at least 4 members (excludes halogenated alkanes) is 15. The van der Waals surface area contributed by atoms with E-state index in [0.29, 0.717) is 19.6 Å². The molecule has 0 aliphatic carbocycles. The van der Waals surface area contributed by atoms with Gasteiger partial charge >= 0.3 is 12.2 Å². The third-order valence-electron chi connectivity index (χ3n) is 8.26. The van der Waals surface area contributed by atoms with Crippen LogP contribution in [-0.2, 0) is 16.0 Å². The molecule has 7 nitrogen and oxygen atoms in total. The Morgan fingerprint density at radius 1 is 0.857 bits per heavy atom. The molecular weight excluding hydrogens is 526 g/mol. The molecule has 0 radical (unpaired) electrons. The first kappa shape index (κ1) is 33.7. The number of pyridine rings is 1. The fourth-order valence-corrected chi connectivity index (χ4v) is 5.75. The first-order chi connectivity index (χ1) is 20.7. The average molecular weight is 583 g/mol. The molecule has 42 heavy (non-hydrogen) atoms. The largest absolute Gasteiger partial charge is 0.446 e. The van der Waals surface area contributed by atoms with E-state index in [1.165, 1.54) is 94.4 Å². The monoisotopic (exact) mass is 582 g/mol. The van der Waals surface area contributed by atoms with Crippen molar-refractivity contribution in [2.75, 3.05) is 26.2 Å². The molecule has 1 N–H and O–H groups in total. The summed E-state index contributed by atoms with van der Waals surface area (Å²) in [6.45, 7) is 5.01. The van der Waals surface area contributed by atoms with Gasteiger partial charge in [-0.25, -0.2) is 9.59 Å². The van der Waals surface area contributed by atoms with E-state index in [9.17, 15) is 9.59 Å². The number of carbonyl (C=O) groups is 2. The topological polar surface area (TPSA) is 71.8 Å². The molecule has 1 aromatic heterocycles. The van der Waals surface area contributed by atoms with Crippen LogP contribution in [0.1, 0.15) is 116 Å². The van der Waals surface area contributed by atoms with Gasteiger partial charge < -0.3 is 19.7 Å². The highest BCUT2D eigenvalue weighted by molar-refractivity contribution is 5.75. The molecule has 2 heterocycles. The maximum Gasteiger partial charge on any atom is 0.410 e. The van der Waals surface area contributed by atoms with Crippen molar-refractivity contribution in [2.45, 2.75) is 129 Å². The molecule has 1 unspecified atom stereocenters. The second-order valence-corrected chi connectivity index (χ2v) is 11.9. The summed E-state index contributed by atoms with van der Waals surface area (Å²) in [6.07, 6.45) is 22.7. The predicted molar refractivity (Wildman–Crippen MR) is 169 cm³/mol. The normalized spacial score (nSPS) is 14.8. The van der Waals surface area contributed by atoms with Crippen LogP contribution in [0.5, 0.6) is 0 Å². The van der Waals surface area contributed by atoms with Crippen molar-refractivity contribution in [1.29, 1.82) is 0 Å². The van der Waals surface area contributed by atoms with Gasteiger partial charge in [0, 0.05) is 37.0 Å². The molecule has 0 spiro atoms. The molecule has 2 amide bonds. The standard InChI is InChI=1S/C35H55N3O4/c1-2-3-4-5-6-7-8-9-10-11-12-13-14-15-18-25-36-34(39)41-30-32-29-38(35(40)42-32)27-20-19-26-37-28-21-23-31-22-16-17-24-33(31)37/h16-17,21-24,28,32H,2-15,18-20,25-27,29-30H2,1H3/p+1. The van der Waals surface area contributed by atoms with Crippen molar-refractivity contribution in [2.24, 2.45) is 0 Å². The van der Waals surface area contributed by atoms with Gasteiger partial charge in [-0.15, -0.1) is 0 Å². The number of amides is 2. The molecule has 0 saturated carbocycles. The lowest BCUT2D eigenvalue weighted by atomic mass is 10.0. The van der Waals surface area contributed by atoms with Crippen molar-refractivity contribution in [3.05, 3.63) is 42.6 Å². The van der Waals surface area contributed by atoms with Crippen LogP contribution in [0.3, 0.4) is 0 Å². The zero-order valence-electron chi connectivity index (χ0n) is 26.2. The number of alkyl carbamates (subject to hydrolysis) is 1. The van der Waals surface area contributed by atoms with Gasteiger partial charge in [-0.1, -0.05) is 109 Å². The zero-order valence-corrected chi connectivity index (χ0v) is 26.2. The number of rotatable bonds is 23. The van der Waals surface area contributed by atoms with E-state index >= 15 is 0 Å². The summed E-state index contributed by atoms with van der Waals surface area (Å²) >= 11 is 0. The van der Waals surface area contributed by atoms with Gasteiger partial charge in [0.1, 0.15) is 13.2 Å². The molecule has 1 saturated heterocycles. The number of ether oxygens (including phenoxy) is 2. The minimum atomic E-state index is -0.429. The van der Waals surface area contributed by atoms with Crippen LogP contribution < -0.4 is 9.88 Å². The van der Waals surface area contributed by atoms with Gasteiger partial charge in [0.25, 0.3) is 0 Å². The average Bonchev–Trinajstić information content (AvgIpc) is 3.37. The molecule has 1 aliphatic heterocycles. The van der Waals surface area contributed by atoms with Crippen molar-refractivity contribution in [1.82, 2.24) is 10.2 Å². The van der Waals surface area contributed by atoms with Crippen LogP contribution in [0.25, 0.3) is 10.9 Å². The number of aromatic nitrogens is 1. The van der Waals surface area contributed by atoms with E-state index in [1.54, 1.807) is 4.90 Å². The van der Waals surface area contributed by atoms with Crippen molar-refractivity contribution in [3.63, 3.8) is 0 Å². The van der Waals surface area contributed by atoms with E-state index in [1.807, 2.05) is 0 Å². The van der Waals surface area contributed by atoms with Gasteiger partial charge in [0.05, 0.1) is 6.54 Å². The summed E-state index contributed by atoms with van der Waals surface area (Å²) in [6, 6.07) is 12.6. The van der Waals surface area contributed by atoms with Crippen molar-refractivity contribution in [3.8, 4) is 0 Å². The fourth-order valence-electron chi connectivity index (χ4n) is 5.75. The van der Waals surface area contributed by atoms with Gasteiger partial charge in [0.15, 0.2) is 12.3 Å². The van der Waals surface area contributed by atoms with Crippen LogP contribution in [0, 0.1) is 0 Å². The van der Waals surface area contributed by atoms with Crippen molar-refractivity contribution >= 4 is 23.1 Å². The second-order valence-electron chi connectivity index (χ2n) is 11.9. The Hall–Kier alpha value is -2.83. The summed E-state index contributed by atoms with van der Waals surface area (Å²) in [7, 11) is 0. The van der Waals surface area contributed by atoms with E-state index in [0.717, 1.165) is 32.2 Å². The molecule has 1 aromatic carbocycles. The molecule has 234 valence electrons. The molecule has 2 aromatic rings. The first-order valence-electron chi connectivity index (χ1n) is 16.9. The lowest BCUT2D eigenvalue weighted by molar-refractivity contribution is -0.671. The van der Waals surface area contributed by atoms with Crippen LogP contribution >= 0.6 is 0 Å². The Labute approximate surface area is 254 Å². The Kier molecular flexibility index (Phi) is 16.8. The van der Waals surface area contributed by atoms with E-state index in [2.05, 4.69) is 59.4 Å². The summed E-state index contributed by atoms with van der Waals surface area (Å²) in [5.41, 5.74) is 1.22. The first-order valence-corrected chi connectivity index (χ1v) is 16.9. The number of aryl methyl sites for hydroxylation is 1. The summed E-state index contributed by atoms with van der Waals surface area (Å²) in [5, 5.41) is 4.05. The molecule has 1 atom stereocenters. The molecule has 1 fully saturated rings. The van der Waals surface area contributed by atoms with Gasteiger partial charge in [-0.05, 0) is 25.0 Å². The van der Waals surface area contributed by atoms with E-state index in [4.69, 9.17) is 9.47 Å². The maximum atomic E-state index is 12.2. The minimum absolute atomic E-state index is 0.0960. The molecular formula is C35H56N3O4+. The highest BCUT2D eigenvalue weighted by Crippen LogP contribution is 2.15. The number of cyclic esters (lactones) is 1. The lowest BCUT2D eigenvalue weighted by Gasteiger charge is -2.12. The summed E-state index contributed by atoms with van der Waals surface area (Å²) in [5.74, 6) is 0. The number of hydrogen-bond donors (Lipinski definition) is 1. The zero-order chi connectivity index (χ0) is 29.7. The quantitative estimate of drug-likeness (QED) is 0.106. The van der Waals surface area contributed by atoms with E-state index < -0.39 is 12.2 Å². The van der Waals surface area contributed by atoms with Crippen molar-refractivity contribution < 1.29 is 23.6 Å². The third kappa shape index (κ3) is 13.4. The lowest BCUT2D eigenvalue weighted by Crippen LogP contribution is -2.35. The summed E-state index contributed by atoms with van der Waals surface area (Å²) in [4.78, 5) is 26.0. The minimum Gasteiger partial charge on any atom is -0.446 e. The number of para-hydroxylation sites is 1. The van der Waals surface area contributed by atoms with Gasteiger partial charge in [-0.3, -0.25) is 0 Å². The van der Waals surface area contributed by atoms with Gasteiger partial charge in [0.2, 0.25) is 5.52 Å². The number of nitrogens with zero attached hydrogens (tertiary/aromatic N) is 2. The molecule has 3 rings (SSSR count). The Morgan fingerprint density at radius 2 is 1.48 bits per heavy atom. The Balaban J connectivity index is 1.11. The van der Waals surface area contributed by atoms with Gasteiger partial charge in [-0.2, -0.15) is 4.57 Å². The molecule has 7 heteroatoms. The Morgan fingerprint density at radius 3 is 2.17 bits per heavy atom. The number of fused-ring (bicyclic) bond motifs is 1. The van der Waals surface area contributed by atoms with Crippen LogP contribution in [0.15, 0.2) is 42.6 Å². The van der Waals surface area contributed by atoms with Crippen LogP contribution in [0.2, 0.25) is 0 Å². The smallest absolute Gasteiger partial charge is 0.410 e.